The maximum atomic E-state index is 12.7. The fourth-order valence-electron chi connectivity index (χ4n) is 4.45. The van der Waals surface area contributed by atoms with E-state index in [9.17, 15) is 29.1 Å². The summed E-state index contributed by atoms with van der Waals surface area (Å²) < 4.78 is 42.0. The van der Waals surface area contributed by atoms with Gasteiger partial charge in [0.2, 0.25) is 0 Å². The Bertz CT molecular complexity index is 1090. The highest BCUT2D eigenvalue weighted by molar-refractivity contribution is 6.74. The number of ether oxygens (including phenoxy) is 5. The van der Waals surface area contributed by atoms with Crippen LogP contribution in [-0.4, -0.2) is 100 Å². The summed E-state index contributed by atoms with van der Waals surface area (Å²) in [5.74, 6) is -4.28. The summed E-state index contributed by atoms with van der Waals surface area (Å²) >= 11 is 0. The van der Waals surface area contributed by atoms with Gasteiger partial charge in [0.25, 0.3) is 0 Å². The summed E-state index contributed by atoms with van der Waals surface area (Å²) in [7, 11) is -5.68. The van der Waals surface area contributed by atoms with Crippen LogP contribution in [0.1, 0.15) is 76.2 Å². The summed E-state index contributed by atoms with van der Waals surface area (Å²) in [6.07, 6.45) is -12.9. The molecule has 0 heterocycles. The predicted octanol–water partition coefficient (Wildman–Crippen LogP) is 3.80. The summed E-state index contributed by atoms with van der Waals surface area (Å²) in [6.45, 7) is 25.1. The number of carbonyl (C=O) groups excluding carboxylic acids is 5. The zero-order valence-corrected chi connectivity index (χ0v) is 31.5. The third kappa shape index (κ3) is 10.9. The van der Waals surface area contributed by atoms with E-state index in [1.165, 1.54) is 0 Å². The average molecular weight is 679 g/mol. The fourth-order valence-corrected chi connectivity index (χ4v) is 7.06. The Kier molecular flexibility index (Phi) is 13.6. The lowest BCUT2D eigenvalue weighted by atomic mass is 9.84. The second kappa shape index (κ2) is 15.0. The maximum absolute atomic E-state index is 12.7. The molecule has 1 rings (SSSR count). The van der Waals surface area contributed by atoms with Gasteiger partial charge in [0.05, 0.1) is 0 Å². The van der Waals surface area contributed by atoms with Crippen LogP contribution in [0.25, 0.3) is 0 Å². The molecule has 0 aliphatic heterocycles. The molecule has 1 fully saturated rings. The molecular formula is C30H54O13Si2. The standard InChI is InChI=1S/C30H54O13Si2/c1-16(31)37-22-21(36)23(42-44(12,13)29(6,7)8)28(43-45(14,15)30(9,10)11)27(41-20(5)35)26(40-19(4)34)25(39-18(3)33)24(22)38-17(2)32/h21-28,36H,1-15H3/t21-,22-,23-,24-,25-,26+,27+,28+/m1/s1. The van der Waals surface area contributed by atoms with E-state index in [0.717, 1.165) is 34.6 Å². The van der Waals surface area contributed by atoms with E-state index < -0.39 is 105 Å². The van der Waals surface area contributed by atoms with Gasteiger partial charge >= 0.3 is 29.8 Å². The van der Waals surface area contributed by atoms with Crippen LogP contribution in [0.5, 0.6) is 0 Å². The molecule has 1 aliphatic rings. The lowest BCUT2D eigenvalue weighted by molar-refractivity contribution is -0.247. The van der Waals surface area contributed by atoms with Gasteiger partial charge in [-0.2, -0.15) is 0 Å². The molecule has 0 aromatic carbocycles. The molecule has 15 heteroatoms. The topological polar surface area (TPSA) is 170 Å². The van der Waals surface area contributed by atoms with E-state index in [4.69, 9.17) is 32.5 Å². The van der Waals surface area contributed by atoms with Crippen LogP contribution in [-0.2, 0) is 56.5 Å². The van der Waals surface area contributed by atoms with Gasteiger partial charge in [-0.15, -0.1) is 0 Å². The first-order valence-corrected chi connectivity index (χ1v) is 20.8. The molecule has 8 atom stereocenters. The minimum Gasteiger partial charge on any atom is -0.456 e. The normalized spacial score (nSPS) is 28.2. The van der Waals surface area contributed by atoms with E-state index in [2.05, 4.69) is 0 Å². The second-order valence-corrected chi connectivity index (χ2v) is 24.1. The molecule has 1 N–H and O–H groups in total. The van der Waals surface area contributed by atoms with Crippen LogP contribution in [0, 0.1) is 0 Å². The summed E-state index contributed by atoms with van der Waals surface area (Å²) in [5.41, 5.74) is 0. The monoisotopic (exact) mass is 678 g/mol. The number of aliphatic hydroxyl groups is 1. The van der Waals surface area contributed by atoms with Crippen LogP contribution < -0.4 is 0 Å². The van der Waals surface area contributed by atoms with Crippen LogP contribution in [0.3, 0.4) is 0 Å². The smallest absolute Gasteiger partial charge is 0.303 e. The lowest BCUT2D eigenvalue weighted by Crippen LogP contribution is -2.70. The lowest BCUT2D eigenvalue weighted by Gasteiger charge is -2.52. The number of hydrogen-bond acceptors (Lipinski definition) is 13. The highest BCUT2D eigenvalue weighted by Gasteiger charge is 2.60. The third-order valence-electron chi connectivity index (χ3n) is 8.60. The van der Waals surface area contributed by atoms with Crippen molar-refractivity contribution < 1.29 is 61.6 Å². The Morgan fingerprint density at radius 1 is 0.444 bits per heavy atom. The van der Waals surface area contributed by atoms with E-state index in [1.54, 1.807) is 0 Å². The van der Waals surface area contributed by atoms with Crippen LogP contribution in [0.4, 0.5) is 0 Å². The SMILES string of the molecule is CC(=O)O[C@@H]1[C@H](OC(C)=O)[C@@H](O[Si](C)(C)C(C)(C)C)[C@H](O[Si](C)(C)C(C)(C)C)[C@H](O)[C@@H](OC(C)=O)[C@@H](OC(C)=O)[C@H]1OC(C)=O. The first-order valence-electron chi connectivity index (χ1n) is 15.0. The van der Waals surface area contributed by atoms with Gasteiger partial charge in [0.1, 0.15) is 18.3 Å². The Hall–Kier alpha value is -2.34. The highest BCUT2D eigenvalue weighted by atomic mass is 28.4. The van der Waals surface area contributed by atoms with Crippen molar-refractivity contribution in [3.05, 3.63) is 0 Å². The van der Waals surface area contributed by atoms with Gasteiger partial charge < -0.3 is 37.6 Å². The number of rotatable bonds is 9. The molecule has 260 valence electrons. The van der Waals surface area contributed by atoms with Gasteiger partial charge in [-0.25, -0.2) is 0 Å². The zero-order valence-electron chi connectivity index (χ0n) is 29.5. The Balaban J connectivity index is 4.40. The molecule has 0 aromatic heterocycles. The molecular weight excluding hydrogens is 624 g/mol. The molecule has 1 aliphatic carbocycles. The molecule has 45 heavy (non-hydrogen) atoms. The largest absolute Gasteiger partial charge is 0.456 e. The van der Waals surface area contributed by atoms with E-state index >= 15 is 0 Å². The molecule has 0 unspecified atom stereocenters. The van der Waals surface area contributed by atoms with Crippen molar-refractivity contribution in [1.29, 1.82) is 0 Å². The highest BCUT2D eigenvalue weighted by Crippen LogP contribution is 2.44. The summed E-state index contributed by atoms with van der Waals surface area (Å²) in [6, 6.07) is 0. The quantitative estimate of drug-likeness (QED) is 0.212. The Morgan fingerprint density at radius 2 is 0.667 bits per heavy atom. The van der Waals surface area contributed by atoms with Gasteiger partial charge in [-0.05, 0) is 36.3 Å². The van der Waals surface area contributed by atoms with Crippen molar-refractivity contribution in [1.82, 2.24) is 0 Å². The fraction of sp³-hybridized carbons (Fsp3) is 0.833. The van der Waals surface area contributed by atoms with Gasteiger partial charge in [-0.3, -0.25) is 24.0 Å². The van der Waals surface area contributed by atoms with Gasteiger partial charge in [-0.1, -0.05) is 41.5 Å². The molecule has 0 saturated heterocycles. The first kappa shape index (κ1) is 40.7. The van der Waals surface area contributed by atoms with Crippen LogP contribution >= 0.6 is 0 Å². The average Bonchev–Trinajstić information content (AvgIpc) is 2.81. The van der Waals surface area contributed by atoms with E-state index in [0.29, 0.717) is 0 Å². The minimum atomic E-state index is -2.85. The van der Waals surface area contributed by atoms with Crippen molar-refractivity contribution >= 4 is 46.5 Å². The number of carbonyl (C=O) groups is 5. The minimum absolute atomic E-state index is 0.407. The van der Waals surface area contributed by atoms with Crippen molar-refractivity contribution in [2.45, 2.75) is 161 Å². The number of esters is 5. The van der Waals surface area contributed by atoms with Gasteiger partial charge in [0.15, 0.2) is 47.2 Å². The zero-order chi connectivity index (χ0) is 35.5. The number of aliphatic hydroxyl groups excluding tert-OH is 1. The van der Waals surface area contributed by atoms with E-state index in [1.807, 2.05) is 67.7 Å². The number of hydrogen-bond donors (Lipinski definition) is 1. The van der Waals surface area contributed by atoms with Gasteiger partial charge in [0, 0.05) is 34.6 Å². The van der Waals surface area contributed by atoms with Crippen molar-refractivity contribution in [3.63, 3.8) is 0 Å². The second-order valence-electron chi connectivity index (χ2n) is 14.5. The third-order valence-corrected chi connectivity index (χ3v) is 17.5. The Morgan fingerprint density at radius 3 is 0.933 bits per heavy atom. The molecule has 13 nitrogen and oxygen atoms in total. The van der Waals surface area contributed by atoms with Crippen LogP contribution in [0.15, 0.2) is 0 Å². The van der Waals surface area contributed by atoms with Crippen molar-refractivity contribution in [2.75, 3.05) is 0 Å². The molecule has 0 spiro atoms. The molecule has 1 saturated carbocycles. The van der Waals surface area contributed by atoms with Crippen molar-refractivity contribution in [2.24, 2.45) is 0 Å². The summed E-state index contributed by atoms with van der Waals surface area (Å²) in [5, 5.41) is 11.4. The maximum Gasteiger partial charge on any atom is 0.303 e. The summed E-state index contributed by atoms with van der Waals surface area (Å²) in [4.78, 5) is 62.8. The first-order chi connectivity index (χ1) is 20.1. The molecule has 0 amide bonds. The van der Waals surface area contributed by atoms with Crippen molar-refractivity contribution in [3.8, 4) is 0 Å². The van der Waals surface area contributed by atoms with E-state index in [-0.39, 0.29) is 0 Å². The molecule has 0 bridgehead atoms. The molecule has 0 radical (unpaired) electrons. The molecule has 0 aromatic rings. The predicted molar refractivity (Wildman–Crippen MR) is 168 cm³/mol. The van der Waals surface area contributed by atoms with Crippen LogP contribution in [0.2, 0.25) is 36.3 Å². The Labute approximate surface area is 269 Å².